The predicted molar refractivity (Wildman–Crippen MR) is 163 cm³/mol. The number of pyridine rings is 1. The number of nitrogens with zero attached hydrogens (tertiary/aromatic N) is 4. The van der Waals surface area contributed by atoms with E-state index >= 15 is 4.39 Å². The lowest BCUT2D eigenvalue weighted by atomic mass is 9.84. The van der Waals surface area contributed by atoms with Crippen LogP contribution in [0.2, 0.25) is 0 Å². The van der Waals surface area contributed by atoms with Gasteiger partial charge in [0.1, 0.15) is 29.3 Å². The summed E-state index contributed by atoms with van der Waals surface area (Å²) >= 11 is 0. The van der Waals surface area contributed by atoms with Gasteiger partial charge in [-0.15, -0.1) is 0 Å². The number of aliphatic hydroxyl groups is 2. The Morgan fingerprint density at radius 1 is 1.06 bits per heavy atom. The van der Waals surface area contributed by atoms with Crippen molar-refractivity contribution < 1.29 is 41.0 Å². The van der Waals surface area contributed by atoms with Crippen LogP contribution in [-0.4, -0.2) is 65.7 Å². The fourth-order valence-electron chi connectivity index (χ4n) is 5.05. The summed E-state index contributed by atoms with van der Waals surface area (Å²) in [6, 6.07) is 4.59. The molecule has 1 aliphatic rings. The second kappa shape index (κ2) is 15.2. The molecule has 17 heteroatoms. The van der Waals surface area contributed by atoms with E-state index in [-0.39, 0.29) is 48.3 Å². The minimum atomic E-state index is -3.70. The minimum absolute atomic E-state index is 0.00310. The zero-order valence-corrected chi connectivity index (χ0v) is 25.9. The fourth-order valence-corrected chi connectivity index (χ4v) is 6.66. The van der Waals surface area contributed by atoms with Crippen LogP contribution in [0.5, 0.6) is 0 Å². The summed E-state index contributed by atoms with van der Waals surface area (Å²) in [5.74, 6) is -7.82. The van der Waals surface area contributed by atoms with Crippen molar-refractivity contribution >= 4 is 21.6 Å². The van der Waals surface area contributed by atoms with Gasteiger partial charge in [-0.3, -0.25) is 9.78 Å². The van der Waals surface area contributed by atoms with Gasteiger partial charge >= 0.3 is 0 Å². The number of nitrogens with one attached hydrogen (secondary N) is 3. The molecule has 1 fully saturated rings. The van der Waals surface area contributed by atoms with Crippen LogP contribution in [0.4, 0.5) is 23.2 Å². The number of benzene rings is 2. The molecule has 0 unspecified atom stereocenters. The molecule has 1 aromatic heterocycles. The molecule has 1 amide bonds. The zero-order chi connectivity index (χ0) is 34.4. The van der Waals surface area contributed by atoms with Gasteiger partial charge in [0, 0.05) is 41.6 Å². The first-order valence-corrected chi connectivity index (χ1v) is 16.1. The lowest BCUT2D eigenvalue weighted by molar-refractivity contribution is -0.140. The third-order valence-electron chi connectivity index (χ3n) is 7.38. The molecule has 1 saturated carbocycles. The number of sulfonamides is 1. The van der Waals surface area contributed by atoms with Crippen LogP contribution < -0.4 is 15.4 Å². The van der Waals surface area contributed by atoms with Crippen molar-refractivity contribution in [1.29, 1.82) is 0 Å². The Bertz CT molecular complexity index is 1710. The second-order valence-corrected chi connectivity index (χ2v) is 13.5. The first-order valence-electron chi connectivity index (χ1n) is 14.5. The molecule has 252 valence electrons. The van der Waals surface area contributed by atoms with E-state index in [1.807, 2.05) is 0 Å². The van der Waals surface area contributed by atoms with Gasteiger partial charge in [-0.2, -0.15) is 0 Å². The summed E-state index contributed by atoms with van der Waals surface area (Å²) in [6.07, 6.45) is 2.85. The van der Waals surface area contributed by atoms with Gasteiger partial charge < -0.3 is 20.8 Å². The van der Waals surface area contributed by atoms with Crippen LogP contribution in [0, 0.1) is 23.3 Å². The summed E-state index contributed by atoms with van der Waals surface area (Å²) in [5.41, 5.74) is 9.22. The van der Waals surface area contributed by atoms with Crippen molar-refractivity contribution in [3.63, 3.8) is 0 Å². The predicted octanol–water partition coefficient (Wildman–Crippen LogP) is 3.76. The molecule has 2 aromatic carbocycles. The number of anilines is 1. The van der Waals surface area contributed by atoms with Gasteiger partial charge in [-0.25, -0.2) is 30.7 Å². The summed E-state index contributed by atoms with van der Waals surface area (Å²) in [4.78, 5) is 20.2. The normalized spacial score (nSPS) is 15.4. The highest BCUT2D eigenvalue weighted by molar-refractivity contribution is 7.90. The number of azide groups is 1. The van der Waals surface area contributed by atoms with Crippen LogP contribution in [-0.2, 0) is 21.2 Å². The van der Waals surface area contributed by atoms with Crippen LogP contribution in [0.1, 0.15) is 48.8 Å². The number of hydrogen-bond donors (Lipinski definition) is 5. The average Bonchev–Trinajstić information content (AvgIpc) is 3.83. The van der Waals surface area contributed by atoms with Gasteiger partial charge in [-0.05, 0) is 73.5 Å². The Labute approximate surface area is 267 Å². The Balaban J connectivity index is 1.62. The highest BCUT2D eigenvalue weighted by atomic mass is 32.2. The van der Waals surface area contributed by atoms with Crippen molar-refractivity contribution in [2.75, 3.05) is 18.4 Å². The number of amides is 1. The highest BCUT2D eigenvalue weighted by Gasteiger charge is 2.37. The molecule has 0 saturated heterocycles. The van der Waals surface area contributed by atoms with E-state index in [9.17, 15) is 42.1 Å². The largest absolute Gasteiger partial charge is 0.365 e. The number of carbonyl (C=O) groups is 1. The van der Waals surface area contributed by atoms with Gasteiger partial charge in [0.05, 0.1) is 23.3 Å². The van der Waals surface area contributed by atoms with Crippen LogP contribution in [0.3, 0.4) is 0 Å². The van der Waals surface area contributed by atoms with E-state index in [0.717, 1.165) is 43.6 Å². The molecular formula is C30H33F4N7O5S. The molecule has 47 heavy (non-hydrogen) atoms. The third kappa shape index (κ3) is 10.2. The molecule has 4 rings (SSSR count). The maximum absolute atomic E-state index is 15.2. The molecule has 0 aliphatic heterocycles. The van der Waals surface area contributed by atoms with Crippen molar-refractivity contribution in [2.45, 2.75) is 61.6 Å². The molecule has 3 aromatic rings. The maximum Gasteiger partial charge on any atom is 0.234 e. The molecular weight excluding hydrogens is 646 g/mol. The van der Waals surface area contributed by atoms with Gasteiger partial charge in [-0.1, -0.05) is 17.2 Å². The van der Waals surface area contributed by atoms with E-state index in [0.29, 0.717) is 18.9 Å². The van der Waals surface area contributed by atoms with Gasteiger partial charge in [0.25, 0.3) is 0 Å². The summed E-state index contributed by atoms with van der Waals surface area (Å²) in [7, 11) is -3.70. The smallest absolute Gasteiger partial charge is 0.234 e. The Morgan fingerprint density at radius 3 is 2.32 bits per heavy atom. The van der Waals surface area contributed by atoms with Crippen molar-refractivity contribution in [3.05, 3.63) is 105 Å². The lowest BCUT2D eigenvalue weighted by Gasteiger charge is -2.25. The first kappa shape index (κ1) is 35.7. The van der Waals surface area contributed by atoms with Crippen LogP contribution in [0.15, 0.2) is 60.0 Å². The van der Waals surface area contributed by atoms with E-state index in [2.05, 4.69) is 30.4 Å². The number of aromatic nitrogens is 1. The van der Waals surface area contributed by atoms with Crippen molar-refractivity contribution in [2.24, 2.45) is 5.11 Å². The number of rotatable bonds is 16. The molecule has 5 N–H and O–H groups in total. The molecule has 12 nitrogen and oxygen atoms in total. The zero-order valence-electron chi connectivity index (χ0n) is 25.1. The van der Waals surface area contributed by atoms with Crippen molar-refractivity contribution in [1.82, 2.24) is 15.0 Å². The van der Waals surface area contributed by atoms with Crippen LogP contribution in [0.25, 0.3) is 10.4 Å². The maximum atomic E-state index is 15.2. The number of hydrogen-bond acceptors (Lipinski definition) is 8. The molecule has 0 bridgehead atoms. The van der Waals surface area contributed by atoms with Gasteiger partial charge in [0.15, 0.2) is 5.79 Å². The van der Waals surface area contributed by atoms with E-state index in [1.54, 1.807) is 0 Å². The monoisotopic (exact) mass is 679 g/mol. The Hall–Kier alpha value is -4.12. The summed E-state index contributed by atoms with van der Waals surface area (Å²) < 4.78 is 85.4. The first-order chi connectivity index (χ1) is 22.2. The molecule has 3 atom stereocenters. The van der Waals surface area contributed by atoms with Crippen LogP contribution >= 0.6 is 0 Å². The quantitative estimate of drug-likeness (QED) is 0.0501. The molecule has 0 spiro atoms. The van der Waals surface area contributed by atoms with E-state index in [4.69, 9.17) is 0 Å². The second-order valence-electron chi connectivity index (χ2n) is 11.5. The topological polar surface area (TPSA) is 189 Å². The average molecular weight is 680 g/mol. The van der Waals surface area contributed by atoms with Gasteiger partial charge in [0.2, 0.25) is 15.9 Å². The summed E-state index contributed by atoms with van der Waals surface area (Å²) in [5, 5.41) is 27.5. The lowest BCUT2D eigenvalue weighted by Crippen LogP contribution is -2.47. The highest BCUT2D eigenvalue weighted by Crippen LogP contribution is 2.33. The third-order valence-corrected chi connectivity index (χ3v) is 9.39. The molecule has 0 radical (unpaired) electrons. The number of halogens is 4. The standard InChI is InChI=1S/C30H33F4N7O5S/c1-30(43,44)16-37-13-22(40-47(45,46)23-7-8-23)6-9-24-25(34)14-36-15-26(24)38-29(42)28(39-41-35)27(17-2-4-19(31)5-3-17)18-10-20(32)12-21(33)11-18/h2-5,10-12,14-15,22-23,27-28,37,40,43-44H,6-9,13,16H2,1H3,(H,38,42)/t22-,27-,28-/m0/s1. The van der Waals surface area contributed by atoms with E-state index < -0.39 is 68.2 Å². The minimum Gasteiger partial charge on any atom is -0.365 e. The summed E-state index contributed by atoms with van der Waals surface area (Å²) in [6.45, 7) is 0.810. The molecule has 1 heterocycles. The SMILES string of the molecule is CC(O)(O)CNC[C@H](CCc1c(F)cncc1NC(=O)[C@@H](N=[N+]=[N-])[C@@H](c1ccc(F)cc1)c1cc(F)cc(F)c1)NS(=O)(=O)C1CC1. The van der Waals surface area contributed by atoms with Crippen molar-refractivity contribution in [3.8, 4) is 0 Å². The Kier molecular flexibility index (Phi) is 11.5. The fraction of sp³-hybridized carbons (Fsp3) is 0.400. The number of carbonyl (C=O) groups excluding carboxylic acids is 1. The Morgan fingerprint density at radius 2 is 1.72 bits per heavy atom. The molecule has 1 aliphatic carbocycles. The van der Waals surface area contributed by atoms with E-state index in [1.165, 1.54) is 12.1 Å².